The summed E-state index contributed by atoms with van der Waals surface area (Å²) >= 11 is 0. The van der Waals surface area contributed by atoms with Gasteiger partial charge in [-0.15, -0.1) is 0 Å². The molecule has 6 nitrogen and oxygen atoms in total. The summed E-state index contributed by atoms with van der Waals surface area (Å²) < 4.78 is 28.8. The molecule has 1 aromatic rings. The molecule has 1 aromatic heterocycles. The van der Waals surface area contributed by atoms with Crippen molar-refractivity contribution in [2.75, 3.05) is 19.5 Å². The van der Waals surface area contributed by atoms with Crippen LogP contribution in [-0.4, -0.2) is 44.8 Å². The summed E-state index contributed by atoms with van der Waals surface area (Å²) in [7, 11) is -3.47. The molecule has 0 bridgehead atoms. The molecule has 0 aromatic carbocycles. The largest absolute Gasteiger partial charge is 0.381 e. The number of carbonyl (C=O) groups excluding carboxylic acids is 1. The maximum absolute atomic E-state index is 12.2. The molecule has 2 aliphatic rings. The Morgan fingerprint density at radius 2 is 2.24 bits per heavy atom. The predicted octanol–water partition coefficient (Wildman–Crippen LogP) is 0.784. The van der Waals surface area contributed by atoms with Crippen molar-refractivity contribution < 1.29 is 17.9 Å². The van der Waals surface area contributed by atoms with Crippen LogP contribution in [0.25, 0.3) is 0 Å². The van der Waals surface area contributed by atoms with E-state index in [1.54, 1.807) is 0 Å². The first-order chi connectivity index (χ1) is 9.90. The zero-order chi connectivity index (χ0) is 15.1. The summed E-state index contributed by atoms with van der Waals surface area (Å²) in [4.78, 5) is 16.2. The zero-order valence-electron chi connectivity index (χ0n) is 11.8. The highest BCUT2D eigenvalue weighted by Crippen LogP contribution is 2.47. The van der Waals surface area contributed by atoms with Crippen LogP contribution in [-0.2, 0) is 14.6 Å². The topological polar surface area (TPSA) is 85.4 Å². The monoisotopic (exact) mass is 310 g/mol. The van der Waals surface area contributed by atoms with E-state index in [-0.39, 0.29) is 22.0 Å². The van der Waals surface area contributed by atoms with E-state index >= 15 is 0 Å². The van der Waals surface area contributed by atoms with Gasteiger partial charge in [0.2, 0.25) is 0 Å². The molecule has 1 spiro atoms. The molecule has 7 heteroatoms. The third kappa shape index (κ3) is 2.80. The first-order valence-corrected chi connectivity index (χ1v) is 8.83. The van der Waals surface area contributed by atoms with Crippen LogP contribution in [0.15, 0.2) is 23.2 Å². The van der Waals surface area contributed by atoms with Crippen molar-refractivity contribution in [2.24, 2.45) is 5.41 Å². The minimum absolute atomic E-state index is 0.0244. The second kappa shape index (κ2) is 5.06. The molecule has 0 radical (unpaired) electrons. The molecule has 1 aliphatic carbocycles. The second-order valence-electron chi connectivity index (χ2n) is 6.00. The van der Waals surface area contributed by atoms with Gasteiger partial charge in [0.25, 0.3) is 5.91 Å². The van der Waals surface area contributed by atoms with E-state index in [4.69, 9.17) is 4.74 Å². The third-order valence-corrected chi connectivity index (χ3v) is 5.39. The number of amides is 1. The fourth-order valence-electron chi connectivity index (χ4n) is 3.17. The van der Waals surface area contributed by atoms with Crippen molar-refractivity contribution in [2.45, 2.75) is 30.2 Å². The number of rotatable bonds is 3. The Bertz CT molecular complexity index is 657. The predicted molar refractivity (Wildman–Crippen MR) is 75.7 cm³/mol. The molecule has 21 heavy (non-hydrogen) atoms. The molecule has 1 N–H and O–H groups in total. The lowest BCUT2D eigenvalue weighted by molar-refractivity contribution is 0.0527. The number of ether oxygens (including phenoxy) is 1. The Morgan fingerprint density at radius 1 is 1.48 bits per heavy atom. The van der Waals surface area contributed by atoms with E-state index in [0.29, 0.717) is 0 Å². The number of sulfone groups is 1. The molecule has 2 fully saturated rings. The van der Waals surface area contributed by atoms with Gasteiger partial charge in [0.1, 0.15) is 5.69 Å². The normalized spacial score (nSPS) is 28.3. The quantitative estimate of drug-likeness (QED) is 0.892. The Labute approximate surface area is 123 Å². The highest BCUT2D eigenvalue weighted by Gasteiger charge is 2.47. The van der Waals surface area contributed by atoms with Crippen molar-refractivity contribution in [3.63, 3.8) is 0 Å². The number of pyridine rings is 1. The molecular weight excluding hydrogens is 292 g/mol. The number of nitrogens with one attached hydrogen (secondary N) is 1. The van der Waals surface area contributed by atoms with Crippen LogP contribution in [0, 0.1) is 5.41 Å². The number of nitrogens with zero attached hydrogens (tertiary/aromatic N) is 1. The van der Waals surface area contributed by atoms with Gasteiger partial charge < -0.3 is 10.1 Å². The van der Waals surface area contributed by atoms with Crippen molar-refractivity contribution in [3.8, 4) is 0 Å². The Balaban J connectivity index is 1.70. The molecule has 1 aliphatic heterocycles. The first-order valence-electron chi connectivity index (χ1n) is 6.93. The lowest BCUT2D eigenvalue weighted by Crippen LogP contribution is -2.51. The molecule has 2 heterocycles. The molecule has 3 rings (SSSR count). The SMILES string of the molecule is CS(=O)(=O)c1cccnc1C(=O)NC1CC2(CCOC2)C1. The van der Waals surface area contributed by atoms with Crippen LogP contribution < -0.4 is 5.32 Å². The molecule has 1 saturated heterocycles. The van der Waals surface area contributed by atoms with E-state index in [1.165, 1.54) is 18.3 Å². The van der Waals surface area contributed by atoms with Crippen LogP contribution in [0.4, 0.5) is 0 Å². The molecule has 0 unspecified atom stereocenters. The van der Waals surface area contributed by atoms with Crippen molar-refractivity contribution in [1.29, 1.82) is 0 Å². The lowest BCUT2D eigenvalue weighted by atomic mass is 9.65. The third-order valence-electron chi connectivity index (χ3n) is 4.26. The summed E-state index contributed by atoms with van der Waals surface area (Å²) in [6.45, 7) is 1.55. The van der Waals surface area contributed by atoms with E-state index < -0.39 is 15.7 Å². The van der Waals surface area contributed by atoms with Crippen LogP contribution in [0.5, 0.6) is 0 Å². The van der Waals surface area contributed by atoms with Crippen molar-refractivity contribution >= 4 is 15.7 Å². The summed E-state index contributed by atoms with van der Waals surface area (Å²) in [5.41, 5.74) is 0.200. The van der Waals surface area contributed by atoms with Crippen LogP contribution >= 0.6 is 0 Å². The smallest absolute Gasteiger partial charge is 0.271 e. The summed E-state index contributed by atoms with van der Waals surface area (Å²) in [5, 5.41) is 2.87. The van der Waals surface area contributed by atoms with Gasteiger partial charge in [0, 0.05) is 25.1 Å². The van der Waals surface area contributed by atoms with Gasteiger partial charge >= 0.3 is 0 Å². The van der Waals surface area contributed by atoms with Gasteiger partial charge in [0.05, 0.1) is 11.5 Å². The highest BCUT2D eigenvalue weighted by molar-refractivity contribution is 7.90. The molecular formula is C14H18N2O4S. The summed E-state index contributed by atoms with van der Waals surface area (Å²) in [6, 6.07) is 3.00. The lowest BCUT2D eigenvalue weighted by Gasteiger charge is -2.44. The van der Waals surface area contributed by atoms with Gasteiger partial charge in [-0.25, -0.2) is 13.4 Å². The first kappa shape index (κ1) is 14.5. The highest BCUT2D eigenvalue weighted by atomic mass is 32.2. The van der Waals surface area contributed by atoms with Gasteiger partial charge in [-0.05, 0) is 36.8 Å². The summed E-state index contributed by atoms with van der Waals surface area (Å²) in [5.74, 6) is -0.421. The number of aromatic nitrogens is 1. The van der Waals surface area contributed by atoms with Crippen molar-refractivity contribution in [3.05, 3.63) is 24.0 Å². The summed E-state index contributed by atoms with van der Waals surface area (Å²) in [6.07, 6.45) is 5.32. The van der Waals surface area contributed by atoms with E-state index in [9.17, 15) is 13.2 Å². The molecule has 114 valence electrons. The number of hydrogen-bond donors (Lipinski definition) is 1. The Morgan fingerprint density at radius 3 is 2.86 bits per heavy atom. The van der Waals surface area contributed by atoms with Crippen LogP contribution in [0.3, 0.4) is 0 Å². The number of hydrogen-bond acceptors (Lipinski definition) is 5. The maximum Gasteiger partial charge on any atom is 0.271 e. The van der Waals surface area contributed by atoms with Crippen molar-refractivity contribution in [1.82, 2.24) is 10.3 Å². The minimum Gasteiger partial charge on any atom is -0.381 e. The van der Waals surface area contributed by atoms with Gasteiger partial charge in [0.15, 0.2) is 9.84 Å². The second-order valence-corrected chi connectivity index (χ2v) is 7.99. The average Bonchev–Trinajstić information content (AvgIpc) is 2.86. The van der Waals surface area contributed by atoms with Gasteiger partial charge in [-0.2, -0.15) is 0 Å². The average molecular weight is 310 g/mol. The Hall–Kier alpha value is -1.47. The molecule has 1 amide bonds. The van der Waals surface area contributed by atoms with E-state index in [2.05, 4.69) is 10.3 Å². The van der Waals surface area contributed by atoms with E-state index in [1.807, 2.05) is 0 Å². The van der Waals surface area contributed by atoms with Gasteiger partial charge in [-0.3, -0.25) is 4.79 Å². The van der Waals surface area contributed by atoms with Gasteiger partial charge in [-0.1, -0.05) is 0 Å². The molecule has 0 atom stereocenters. The number of carbonyl (C=O) groups is 1. The minimum atomic E-state index is -3.47. The van der Waals surface area contributed by atoms with E-state index in [0.717, 1.165) is 38.7 Å². The van der Waals surface area contributed by atoms with Crippen LogP contribution in [0.1, 0.15) is 29.8 Å². The van der Waals surface area contributed by atoms with Crippen LogP contribution in [0.2, 0.25) is 0 Å². The Kier molecular flexibility index (Phi) is 3.49. The standard InChI is InChI=1S/C14H18N2O4S/c1-21(18,19)11-3-2-5-15-12(11)13(17)16-10-7-14(8-10)4-6-20-9-14/h2-3,5,10H,4,6-9H2,1H3,(H,16,17). The molecule has 1 saturated carbocycles. The maximum atomic E-state index is 12.2. The fourth-order valence-corrected chi connectivity index (χ4v) is 4.00. The zero-order valence-corrected chi connectivity index (χ0v) is 12.6. The fraction of sp³-hybridized carbons (Fsp3) is 0.571.